The van der Waals surface area contributed by atoms with Crippen molar-refractivity contribution < 1.29 is 4.79 Å². The van der Waals surface area contributed by atoms with Crippen LogP contribution < -0.4 is 0 Å². The number of hydrogen-bond acceptors (Lipinski definition) is 3. The van der Waals surface area contributed by atoms with Crippen molar-refractivity contribution in [2.75, 3.05) is 6.54 Å². The van der Waals surface area contributed by atoms with Crippen LogP contribution in [0.25, 0.3) is 10.8 Å². The largest absolute Gasteiger partial charge is 0.329 e. The number of rotatable bonds is 4. The lowest BCUT2D eigenvalue weighted by atomic mass is 9.98. The van der Waals surface area contributed by atoms with Crippen molar-refractivity contribution in [3.8, 4) is 0 Å². The molecule has 1 aliphatic rings. The number of hydrogen-bond donors (Lipinski definition) is 0. The van der Waals surface area contributed by atoms with Gasteiger partial charge in [0.1, 0.15) is 5.69 Å². The van der Waals surface area contributed by atoms with E-state index in [1.807, 2.05) is 42.2 Å². The van der Waals surface area contributed by atoms with Crippen LogP contribution in [0.1, 0.15) is 57.5 Å². The van der Waals surface area contributed by atoms with E-state index >= 15 is 0 Å². The standard InChI is InChI=1S/C28H27N3O/c1-19-8-3-4-10-23(19)17-21-16-20(2)30-25(18-21)26-12-7-15-31(26)28(32)27-24-11-6-5-9-22(24)13-14-29-27/h3-6,8-11,13-14,16,18,26H,7,12,15,17H2,1-2H3. The first-order valence-corrected chi connectivity index (χ1v) is 11.3. The van der Waals surface area contributed by atoms with E-state index in [2.05, 4.69) is 48.3 Å². The fourth-order valence-corrected chi connectivity index (χ4v) is 4.81. The minimum atomic E-state index is -0.0150. The molecule has 160 valence electrons. The minimum Gasteiger partial charge on any atom is -0.329 e. The maximum absolute atomic E-state index is 13.6. The summed E-state index contributed by atoms with van der Waals surface area (Å²) in [4.78, 5) is 24.9. The molecule has 2 aromatic heterocycles. The van der Waals surface area contributed by atoms with Crippen LogP contribution in [0.15, 0.2) is 72.9 Å². The molecule has 4 heteroatoms. The zero-order chi connectivity index (χ0) is 22.1. The summed E-state index contributed by atoms with van der Waals surface area (Å²) in [6.07, 6.45) is 4.50. The Kier molecular flexibility index (Phi) is 5.44. The number of aryl methyl sites for hydroxylation is 2. The summed E-state index contributed by atoms with van der Waals surface area (Å²) in [6.45, 7) is 4.92. The van der Waals surface area contributed by atoms with Crippen molar-refractivity contribution >= 4 is 16.7 Å². The molecule has 1 amide bonds. The second-order valence-electron chi connectivity index (χ2n) is 8.68. The van der Waals surface area contributed by atoms with Crippen LogP contribution in [0.2, 0.25) is 0 Å². The van der Waals surface area contributed by atoms with Gasteiger partial charge in [-0.15, -0.1) is 0 Å². The Balaban J connectivity index is 1.47. The average molecular weight is 422 g/mol. The molecule has 3 heterocycles. The maximum atomic E-state index is 13.6. The van der Waals surface area contributed by atoms with Gasteiger partial charge < -0.3 is 4.90 Å². The molecule has 1 aliphatic heterocycles. The normalized spacial score (nSPS) is 15.9. The van der Waals surface area contributed by atoms with Gasteiger partial charge in [-0.1, -0.05) is 48.5 Å². The van der Waals surface area contributed by atoms with Crippen LogP contribution in [0.3, 0.4) is 0 Å². The van der Waals surface area contributed by atoms with Crippen LogP contribution in [-0.2, 0) is 6.42 Å². The third-order valence-corrected chi connectivity index (χ3v) is 6.42. The number of aromatic nitrogens is 2. The fourth-order valence-electron chi connectivity index (χ4n) is 4.81. The molecule has 1 fully saturated rings. The summed E-state index contributed by atoms with van der Waals surface area (Å²) >= 11 is 0. The van der Waals surface area contributed by atoms with Gasteiger partial charge in [0.2, 0.25) is 0 Å². The minimum absolute atomic E-state index is 0.00643. The molecule has 0 N–H and O–H groups in total. The first kappa shape index (κ1) is 20.4. The molecule has 0 bridgehead atoms. The van der Waals surface area contributed by atoms with Gasteiger partial charge in [0.25, 0.3) is 5.91 Å². The van der Waals surface area contributed by atoms with E-state index in [1.165, 1.54) is 16.7 Å². The van der Waals surface area contributed by atoms with Crippen molar-refractivity contribution in [1.82, 2.24) is 14.9 Å². The Morgan fingerprint density at radius 2 is 1.84 bits per heavy atom. The van der Waals surface area contributed by atoms with Gasteiger partial charge in [0.05, 0.1) is 11.7 Å². The molecule has 0 aliphatic carbocycles. The summed E-state index contributed by atoms with van der Waals surface area (Å²) in [5.41, 5.74) is 6.37. The lowest BCUT2D eigenvalue weighted by Gasteiger charge is -2.25. The van der Waals surface area contributed by atoms with E-state index in [4.69, 9.17) is 4.98 Å². The van der Waals surface area contributed by atoms with Crippen molar-refractivity contribution in [1.29, 1.82) is 0 Å². The monoisotopic (exact) mass is 421 g/mol. The van der Waals surface area contributed by atoms with Gasteiger partial charge in [-0.05, 0) is 73.4 Å². The second kappa shape index (κ2) is 8.54. The van der Waals surface area contributed by atoms with Crippen molar-refractivity contribution in [3.05, 3.63) is 107 Å². The highest BCUT2D eigenvalue weighted by Gasteiger charge is 2.33. The highest BCUT2D eigenvalue weighted by Crippen LogP contribution is 2.34. The molecule has 1 saturated heterocycles. The molecule has 0 saturated carbocycles. The van der Waals surface area contributed by atoms with Crippen LogP contribution in [0.4, 0.5) is 0 Å². The molecule has 0 radical (unpaired) electrons. The number of benzene rings is 2. The van der Waals surface area contributed by atoms with Crippen molar-refractivity contribution in [3.63, 3.8) is 0 Å². The van der Waals surface area contributed by atoms with E-state index in [-0.39, 0.29) is 11.9 Å². The lowest BCUT2D eigenvalue weighted by Crippen LogP contribution is -2.32. The third-order valence-electron chi connectivity index (χ3n) is 6.42. The number of amides is 1. The maximum Gasteiger partial charge on any atom is 0.273 e. The Morgan fingerprint density at radius 1 is 1.03 bits per heavy atom. The molecule has 4 aromatic rings. The van der Waals surface area contributed by atoms with Gasteiger partial charge >= 0.3 is 0 Å². The van der Waals surface area contributed by atoms with Gasteiger partial charge in [0.15, 0.2) is 0 Å². The summed E-state index contributed by atoms with van der Waals surface area (Å²) < 4.78 is 0. The molecule has 2 aromatic carbocycles. The Morgan fingerprint density at radius 3 is 2.72 bits per heavy atom. The Labute approximate surface area is 189 Å². The molecule has 4 nitrogen and oxygen atoms in total. The van der Waals surface area contributed by atoms with E-state index in [1.54, 1.807) is 6.20 Å². The SMILES string of the molecule is Cc1cc(Cc2ccccc2C)cc(C2CCCN2C(=O)c2nccc3ccccc23)n1. The lowest BCUT2D eigenvalue weighted by molar-refractivity contribution is 0.0729. The predicted molar refractivity (Wildman–Crippen MR) is 128 cm³/mol. The van der Waals surface area contributed by atoms with Crippen molar-refractivity contribution in [2.24, 2.45) is 0 Å². The number of carbonyl (C=O) groups is 1. The zero-order valence-electron chi connectivity index (χ0n) is 18.6. The van der Waals surface area contributed by atoms with Gasteiger partial charge in [-0.25, -0.2) is 0 Å². The van der Waals surface area contributed by atoms with E-state index in [0.29, 0.717) is 5.69 Å². The van der Waals surface area contributed by atoms with Gasteiger partial charge in [-0.2, -0.15) is 0 Å². The number of carbonyl (C=O) groups excluding carboxylic acids is 1. The summed E-state index contributed by atoms with van der Waals surface area (Å²) in [5, 5.41) is 1.94. The third kappa shape index (κ3) is 3.89. The number of nitrogens with zero attached hydrogens (tertiary/aromatic N) is 3. The Hall–Kier alpha value is -3.53. The smallest absolute Gasteiger partial charge is 0.273 e. The molecular weight excluding hydrogens is 394 g/mol. The van der Waals surface area contributed by atoms with Crippen LogP contribution in [0.5, 0.6) is 0 Å². The highest BCUT2D eigenvalue weighted by molar-refractivity contribution is 6.05. The summed E-state index contributed by atoms with van der Waals surface area (Å²) in [7, 11) is 0. The summed E-state index contributed by atoms with van der Waals surface area (Å²) in [5.74, 6) is -0.00643. The summed E-state index contributed by atoms with van der Waals surface area (Å²) in [6, 6.07) is 22.7. The Bertz CT molecular complexity index is 1290. The predicted octanol–water partition coefficient (Wildman–Crippen LogP) is 5.81. The molecule has 5 rings (SSSR count). The van der Waals surface area contributed by atoms with E-state index in [9.17, 15) is 4.79 Å². The van der Waals surface area contributed by atoms with Crippen LogP contribution in [-0.4, -0.2) is 27.3 Å². The molecule has 1 atom stereocenters. The highest BCUT2D eigenvalue weighted by atomic mass is 16.2. The van der Waals surface area contributed by atoms with E-state index < -0.39 is 0 Å². The number of fused-ring (bicyclic) bond motifs is 1. The molecule has 32 heavy (non-hydrogen) atoms. The zero-order valence-corrected chi connectivity index (χ0v) is 18.6. The van der Waals surface area contributed by atoms with Crippen LogP contribution in [0, 0.1) is 13.8 Å². The second-order valence-corrected chi connectivity index (χ2v) is 8.68. The molecule has 0 spiro atoms. The van der Waals surface area contributed by atoms with Crippen LogP contribution >= 0.6 is 0 Å². The van der Waals surface area contributed by atoms with E-state index in [0.717, 1.165) is 48.0 Å². The quantitative estimate of drug-likeness (QED) is 0.417. The average Bonchev–Trinajstić information content (AvgIpc) is 3.29. The number of likely N-dealkylation sites (tertiary alicyclic amines) is 1. The topological polar surface area (TPSA) is 46.1 Å². The van der Waals surface area contributed by atoms with Crippen molar-refractivity contribution in [2.45, 2.75) is 39.2 Å². The van der Waals surface area contributed by atoms with Gasteiger partial charge in [0, 0.05) is 23.8 Å². The number of pyridine rings is 2. The fraction of sp³-hybridized carbons (Fsp3) is 0.250. The van der Waals surface area contributed by atoms with Gasteiger partial charge in [-0.3, -0.25) is 14.8 Å². The first-order chi connectivity index (χ1) is 15.6. The first-order valence-electron chi connectivity index (χ1n) is 11.3. The molecular formula is C28H27N3O. The molecule has 1 unspecified atom stereocenters.